The van der Waals surface area contributed by atoms with E-state index in [1.807, 2.05) is 57.2 Å². The number of halogens is 1. The molecule has 0 aliphatic rings. The number of hydrogen-bond donors (Lipinski definition) is 0. The van der Waals surface area contributed by atoms with Crippen molar-refractivity contribution in [3.63, 3.8) is 0 Å². The van der Waals surface area contributed by atoms with Gasteiger partial charge in [0.1, 0.15) is 5.82 Å². The van der Waals surface area contributed by atoms with E-state index in [1.54, 1.807) is 24.1 Å². The van der Waals surface area contributed by atoms with Crippen molar-refractivity contribution in [2.24, 2.45) is 0 Å². The minimum Gasteiger partial charge on any atom is -0.316 e. The van der Waals surface area contributed by atoms with Gasteiger partial charge in [-0.2, -0.15) is 0 Å². The van der Waals surface area contributed by atoms with Gasteiger partial charge < -0.3 is 4.90 Å². The molecule has 0 N–H and O–H groups in total. The highest BCUT2D eigenvalue weighted by molar-refractivity contribution is 5.97. The Bertz CT molecular complexity index is 1110. The molecule has 0 aliphatic carbocycles. The van der Waals surface area contributed by atoms with Gasteiger partial charge >= 0.3 is 0 Å². The lowest BCUT2D eigenvalue weighted by atomic mass is 9.98. The predicted molar refractivity (Wildman–Crippen MR) is 122 cm³/mol. The summed E-state index contributed by atoms with van der Waals surface area (Å²) in [5.74, 6) is -0.721. The Balaban J connectivity index is 1.72. The fraction of sp³-hybridized carbons (Fsp3) is 0.269. The van der Waals surface area contributed by atoms with Crippen molar-refractivity contribution in [3.05, 3.63) is 82.9 Å². The Labute approximate surface area is 182 Å². The van der Waals surface area contributed by atoms with Crippen molar-refractivity contribution in [2.45, 2.75) is 40.0 Å². The zero-order chi connectivity index (χ0) is 22.5. The van der Waals surface area contributed by atoms with Gasteiger partial charge in [-0.05, 0) is 67.3 Å². The van der Waals surface area contributed by atoms with Crippen molar-refractivity contribution < 1.29 is 14.0 Å². The molecule has 0 saturated carbocycles. The summed E-state index contributed by atoms with van der Waals surface area (Å²) >= 11 is 0. The third-order valence-electron chi connectivity index (χ3n) is 5.49. The van der Waals surface area contributed by atoms with E-state index in [4.69, 9.17) is 0 Å². The Kier molecular flexibility index (Phi) is 6.95. The second kappa shape index (κ2) is 9.65. The maximum Gasteiger partial charge on any atom is 0.226 e. The van der Waals surface area contributed by atoms with E-state index < -0.39 is 5.82 Å². The van der Waals surface area contributed by atoms with Gasteiger partial charge in [0.2, 0.25) is 5.91 Å². The number of ketones is 1. The molecular formula is C26H27FN2O2. The van der Waals surface area contributed by atoms with Crippen LogP contribution in [0.3, 0.4) is 0 Å². The fourth-order valence-corrected chi connectivity index (χ4v) is 3.54. The van der Waals surface area contributed by atoms with E-state index in [0.29, 0.717) is 18.4 Å². The maximum atomic E-state index is 14.7. The summed E-state index contributed by atoms with van der Waals surface area (Å²) in [5, 5.41) is 0. The molecule has 0 aliphatic heterocycles. The molecular weight excluding hydrogens is 391 g/mol. The molecule has 160 valence electrons. The van der Waals surface area contributed by atoms with Gasteiger partial charge in [-0.1, -0.05) is 31.2 Å². The summed E-state index contributed by atoms with van der Waals surface area (Å²) in [4.78, 5) is 30.4. The number of amides is 1. The number of carbonyl (C=O) groups excluding carboxylic acids is 2. The van der Waals surface area contributed by atoms with Crippen LogP contribution in [-0.2, 0) is 11.2 Å². The minimum atomic E-state index is -0.524. The highest BCUT2D eigenvalue weighted by Gasteiger charge is 2.14. The van der Waals surface area contributed by atoms with Crippen molar-refractivity contribution in [2.75, 3.05) is 11.9 Å². The van der Waals surface area contributed by atoms with Gasteiger partial charge in [0.25, 0.3) is 0 Å². The molecule has 3 rings (SSSR count). The van der Waals surface area contributed by atoms with Crippen LogP contribution in [0.2, 0.25) is 0 Å². The monoisotopic (exact) mass is 418 g/mol. The first kappa shape index (κ1) is 22.3. The highest BCUT2D eigenvalue weighted by atomic mass is 19.1. The zero-order valence-electron chi connectivity index (χ0n) is 18.4. The van der Waals surface area contributed by atoms with E-state index in [-0.39, 0.29) is 23.7 Å². The molecule has 4 nitrogen and oxygen atoms in total. The molecule has 0 atom stereocenters. The van der Waals surface area contributed by atoms with Crippen LogP contribution in [0.25, 0.3) is 11.1 Å². The Morgan fingerprint density at radius 1 is 0.968 bits per heavy atom. The van der Waals surface area contributed by atoms with Gasteiger partial charge in [0.15, 0.2) is 5.78 Å². The lowest BCUT2D eigenvalue weighted by Crippen LogP contribution is -2.24. The minimum absolute atomic E-state index is 0.0262. The molecule has 0 radical (unpaired) electrons. The topological polar surface area (TPSA) is 50.3 Å². The molecule has 0 unspecified atom stereocenters. The number of carbonyl (C=O) groups is 2. The van der Waals surface area contributed by atoms with E-state index in [0.717, 1.165) is 28.2 Å². The summed E-state index contributed by atoms with van der Waals surface area (Å²) in [7, 11) is 1.73. The number of pyridine rings is 1. The van der Waals surface area contributed by atoms with Crippen LogP contribution in [0.5, 0.6) is 0 Å². The first-order chi connectivity index (χ1) is 14.8. The average molecular weight is 419 g/mol. The third kappa shape index (κ3) is 5.23. The van der Waals surface area contributed by atoms with Crippen molar-refractivity contribution >= 4 is 17.4 Å². The number of rotatable bonds is 7. The fourth-order valence-electron chi connectivity index (χ4n) is 3.54. The number of benzene rings is 2. The van der Waals surface area contributed by atoms with Crippen molar-refractivity contribution in [1.82, 2.24) is 4.98 Å². The first-order valence-corrected chi connectivity index (χ1v) is 10.4. The number of hydrogen-bond acceptors (Lipinski definition) is 3. The van der Waals surface area contributed by atoms with Gasteiger partial charge in [0, 0.05) is 37.0 Å². The third-order valence-corrected chi connectivity index (χ3v) is 5.49. The molecule has 0 bridgehead atoms. The van der Waals surface area contributed by atoms with E-state index in [9.17, 15) is 14.0 Å². The molecule has 0 fully saturated rings. The predicted octanol–water partition coefficient (Wildman–Crippen LogP) is 5.69. The SMILES string of the molecule is CCC(=O)N(C)c1ccc(-c2ccc(C(=O)CCc3ccc(C)nc3C)c(F)c2)cc1. The molecule has 0 saturated heterocycles. The second-order valence-electron chi connectivity index (χ2n) is 7.67. The highest BCUT2D eigenvalue weighted by Crippen LogP contribution is 2.25. The molecule has 5 heteroatoms. The van der Waals surface area contributed by atoms with Crippen LogP contribution < -0.4 is 4.90 Å². The van der Waals surface area contributed by atoms with Gasteiger partial charge in [0.05, 0.1) is 5.56 Å². The average Bonchev–Trinajstić information content (AvgIpc) is 2.77. The van der Waals surface area contributed by atoms with Crippen molar-refractivity contribution in [3.8, 4) is 11.1 Å². The number of nitrogens with zero attached hydrogens (tertiary/aromatic N) is 2. The Morgan fingerprint density at radius 2 is 1.65 bits per heavy atom. The van der Waals surface area contributed by atoms with Crippen LogP contribution in [0, 0.1) is 19.7 Å². The molecule has 1 amide bonds. The van der Waals surface area contributed by atoms with Gasteiger partial charge in [-0.15, -0.1) is 0 Å². The van der Waals surface area contributed by atoms with Crippen LogP contribution in [0.4, 0.5) is 10.1 Å². The summed E-state index contributed by atoms with van der Waals surface area (Å²) in [6.07, 6.45) is 1.19. The van der Waals surface area contributed by atoms with Gasteiger partial charge in [-0.25, -0.2) is 4.39 Å². The largest absolute Gasteiger partial charge is 0.316 e. The number of Topliss-reactive ketones (excluding diaryl/α,β-unsaturated/α-hetero) is 1. The van der Waals surface area contributed by atoms with Crippen LogP contribution in [0.15, 0.2) is 54.6 Å². The molecule has 31 heavy (non-hydrogen) atoms. The second-order valence-corrected chi connectivity index (χ2v) is 7.67. The summed E-state index contributed by atoms with van der Waals surface area (Å²) in [6, 6.07) is 15.9. The Morgan fingerprint density at radius 3 is 2.26 bits per heavy atom. The molecule has 1 aromatic heterocycles. The first-order valence-electron chi connectivity index (χ1n) is 10.4. The standard InChI is InChI=1S/C26H27FN2O2/c1-5-26(31)29(4)22-12-8-20(9-13-22)21-10-14-23(24(27)16-21)25(30)15-11-19-7-6-17(2)28-18(19)3/h6-10,12-14,16H,5,11,15H2,1-4H3. The van der Waals surface area contributed by atoms with Crippen molar-refractivity contribution in [1.29, 1.82) is 0 Å². The van der Waals surface area contributed by atoms with Crippen LogP contribution in [0.1, 0.15) is 47.1 Å². The maximum absolute atomic E-state index is 14.7. The quantitative estimate of drug-likeness (QED) is 0.463. The van der Waals surface area contributed by atoms with Gasteiger partial charge in [-0.3, -0.25) is 14.6 Å². The lowest BCUT2D eigenvalue weighted by Gasteiger charge is -2.16. The lowest BCUT2D eigenvalue weighted by molar-refractivity contribution is -0.118. The van der Waals surface area contributed by atoms with E-state index >= 15 is 0 Å². The number of anilines is 1. The van der Waals surface area contributed by atoms with Crippen LogP contribution >= 0.6 is 0 Å². The Hall–Kier alpha value is -3.34. The molecule has 0 spiro atoms. The van der Waals surface area contributed by atoms with E-state index in [1.165, 1.54) is 6.07 Å². The molecule has 1 heterocycles. The molecule has 3 aromatic rings. The summed E-state index contributed by atoms with van der Waals surface area (Å²) in [6.45, 7) is 5.66. The summed E-state index contributed by atoms with van der Waals surface area (Å²) < 4.78 is 14.7. The molecule has 2 aromatic carbocycles. The number of aromatic nitrogens is 1. The summed E-state index contributed by atoms with van der Waals surface area (Å²) in [5.41, 5.74) is 5.23. The zero-order valence-corrected chi connectivity index (χ0v) is 18.4. The number of aryl methyl sites for hydroxylation is 3. The normalized spacial score (nSPS) is 10.7. The smallest absolute Gasteiger partial charge is 0.226 e. The van der Waals surface area contributed by atoms with Crippen LogP contribution in [-0.4, -0.2) is 23.7 Å². The van der Waals surface area contributed by atoms with E-state index in [2.05, 4.69) is 4.98 Å².